The van der Waals surface area contributed by atoms with Crippen LogP contribution in [-0.2, 0) is 0 Å². The number of fused-ring (bicyclic) bond motifs is 2. The Balaban J connectivity index is 1.64. The second kappa shape index (κ2) is 6.66. The summed E-state index contributed by atoms with van der Waals surface area (Å²) in [5.74, 6) is 0.139. The van der Waals surface area contributed by atoms with Crippen molar-refractivity contribution in [3.63, 3.8) is 0 Å². The number of H-pyrrole nitrogens is 1. The highest BCUT2D eigenvalue weighted by atomic mass is 32.1. The summed E-state index contributed by atoms with van der Waals surface area (Å²) in [5.41, 5.74) is 0.801. The molecule has 11 heteroatoms. The van der Waals surface area contributed by atoms with Gasteiger partial charge in [0.1, 0.15) is 28.1 Å². The third kappa shape index (κ3) is 2.72. The fourth-order valence-corrected chi connectivity index (χ4v) is 5.23. The van der Waals surface area contributed by atoms with Crippen molar-refractivity contribution >= 4 is 39.1 Å². The normalized spacial score (nSPS) is 17.8. The summed E-state index contributed by atoms with van der Waals surface area (Å²) in [6.07, 6.45) is 6.03. The summed E-state index contributed by atoms with van der Waals surface area (Å²) in [4.78, 5) is 48.8. The first-order chi connectivity index (χ1) is 14.4. The molecule has 1 aliphatic heterocycles. The number of pyridine rings is 1. The molecule has 0 bridgehead atoms. The zero-order valence-corrected chi connectivity index (χ0v) is 17.4. The number of rotatable bonds is 2. The van der Waals surface area contributed by atoms with Gasteiger partial charge in [0.25, 0.3) is 11.5 Å². The fraction of sp³-hybridized carbons (Fsp3) is 0.421. The number of thiazole rings is 1. The predicted molar refractivity (Wildman–Crippen MR) is 114 cm³/mol. The maximum atomic E-state index is 13.5. The van der Waals surface area contributed by atoms with Crippen molar-refractivity contribution in [2.75, 3.05) is 17.4 Å². The quantitative estimate of drug-likeness (QED) is 0.567. The molecule has 156 valence electrons. The molecule has 0 aromatic carbocycles. The Bertz CT molecular complexity index is 1290. The molecule has 0 unspecified atom stereocenters. The van der Waals surface area contributed by atoms with Crippen LogP contribution in [0, 0.1) is 6.92 Å². The number of carbonyl (C=O) groups is 1. The van der Waals surface area contributed by atoms with E-state index in [1.807, 2.05) is 12.1 Å². The predicted octanol–water partition coefficient (Wildman–Crippen LogP) is 1.56. The molecule has 3 N–H and O–H groups in total. The number of nitrogens with zero attached hydrogens (tertiary/aromatic N) is 4. The molecule has 3 aromatic rings. The fourth-order valence-electron chi connectivity index (χ4n) is 4.50. The Morgan fingerprint density at radius 1 is 1.17 bits per heavy atom. The van der Waals surface area contributed by atoms with Crippen LogP contribution in [0.25, 0.3) is 10.3 Å². The zero-order valence-electron chi connectivity index (χ0n) is 16.6. The number of aromatic nitrogens is 4. The molecule has 3 aromatic heterocycles. The first-order valence-electron chi connectivity index (χ1n) is 9.84. The molecule has 1 fully saturated rings. The molecule has 2 aliphatic rings. The van der Waals surface area contributed by atoms with Gasteiger partial charge in [0.2, 0.25) is 0 Å². The summed E-state index contributed by atoms with van der Waals surface area (Å²) < 4.78 is 2.01. The second-order valence-corrected chi connectivity index (χ2v) is 8.80. The van der Waals surface area contributed by atoms with E-state index in [0.717, 1.165) is 43.4 Å². The van der Waals surface area contributed by atoms with Crippen molar-refractivity contribution in [1.82, 2.24) is 24.9 Å². The molecule has 1 aliphatic carbocycles. The van der Waals surface area contributed by atoms with Gasteiger partial charge >= 0.3 is 4.87 Å². The van der Waals surface area contributed by atoms with Gasteiger partial charge in [-0.2, -0.15) is 0 Å². The first kappa shape index (κ1) is 18.8. The van der Waals surface area contributed by atoms with Crippen molar-refractivity contribution in [1.29, 1.82) is 0 Å². The first-order valence-corrected chi connectivity index (χ1v) is 10.7. The van der Waals surface area contributed by atoms with Crippen LogP contribution in [0.3, 0.4) is 0 Å². The molecule has 5 rings (SSSR count). The van der Waals surface area contributed by atoms with Crippen molar-refractivity contribution in [3.05, 3.63) is 43.7 Å². The van der Waals surface area contributed by atoms with Crippen LogP contribution in [0.5, 0.6) is 0 Å². The maximum Gasteiger partial charge on any atom is 0.306 e. The summed E-state index contributed by atoms with van der Waals surface area (Å²) in [6, 6.07) is 1.64. The molecule has 4 heterocycles. The highest BCUT2D eigenvalue weighted by Crippen LogP contribution is 2.33. The van der Waals surface area contributed by atoms with Crippen LogP contribution in [0.4, 0.5) is 11.5 Å². The average Bonchev–Trinajstić information content (AvgIpc) is 3.10. The molecular formula is C19H21N7O3S. The van der Waals surface area contributed by atoms with Gasteiger partial charge in [-0.05, 0) is 44.2 Å². The summed E-state index contributed by atoms with van der Waals surface area (Å²) >= 11 is 0.973. The standard InChI is InChI=1S/C19H21N7O3S/c1-10-8-11(22-14-13-15(21-9-20-14)23-18(29)30-13)17(28)26-12(10)16(27)24-19(25(26)2)6-4-3-5-7-19/h8-9H,3-7H2,1-2H3,(H,24,27)(H2,20,21,22,23,29). The van der Waals surface area contributed by atoms with Gasteiger partial charge in [0, 0.05) is 7.05 Å². The number of nitrogens with one attached hydrogen (secondary N) is 3. The largest absolute Gasteiger partial charge is 0.334 e. The number of carbonyl (C=O) groups excluding carboxylic acids is 1. The van der Waals surface area contributed by atoms with Gasteiger partial charge in [-0.3, -0.25) is 24.4 Å². The van der Waals surface area contributed by atoms with E-state index in [2.05, 4.69) is 25.6 Å². The third-order valence-corrected chi connectivity index (χ3v) is 6.88. The van der Waals surface area contributed by atoms with Crippen molar-refractivity contribution in [2.45, 2.75) is 44.7 Å². The Morgan fingerprint density at radius 3 is 2.70 bits per heavy atom. The lowest BCUT2D eigenvalue weighted by atomic mass is 9.87. The number of aryl methyl sites for hydroxylation is 1. The van der Waals surface area contributed by atoms with Gasteiger partial charge in [0.05, 0.1) is 0 Å². The Kier molecular flexibility index (Phi) is 4.17. The van der Waals surface area contributed by atoms with E-state index in [1.165, 1.54) is 11.0 Å². The van der Waals surface area contributed by atoms with E-state index < -0.39 is 5.66 Å². The lowest BCUT2D eigenvalue weighted by Crippen LogP contribution is -2.70. The SMILES string of the molecule is Cc1cc(Nc2ncnc3[nH]c(=O)sc23)c(=O)n2c1C(=O)NC1(CCCCC1)N2C. The zero-order chi connectivity index (χ0) is 21.0. The molecular weight excluding hydrogens is 406 g/mol. The van der Waals surface area contributed by atoms with Gasteiger partial charge in [-0.25, -0.2) is 14.6 Å². The minimum absolute atomic E-state index is 0.232. The van der Waals surface area contributed by atoms with Crippen LogP contribution in [0.15, 0.2) is 22.0 Å². The summed E-state index contributed by atoms with van der Waals surface area (Å²) in [6.45, 7) is 1.80. The van der Waals surface area contributed by atoms with Crippen LogP contribution >= 0.6 is 11.3 Å². The average molecular weight is 427 g/mol. The molecule has 0 atom stereocenters. The third-order valence-electron chi connectivity index (χ3n) is 6.00. The van der Waals surface area contributed by atoms with Gasteiger partial charge in [0.15, 0.2) is 11.5 Å². The lowest BCUT2D eigenvalue weighted by Gasteiger charge is -2.50. The van der Waals surface area contributed by atoms with E-state index in [-0.39, 0.29) is 22.0 Å². The van der Waals surface area contributed by atoms with Crippen LogP contribution in [-0.4, -0.2) is 38.2 Å². The number of hydrogen-bond acceptors (Lipinski definition) is 8. The highest BCUT2D eigenvalue weighted by Gasteiger charge is 2.44. The summed E-state index contributed by atoms with van der Waals surface area (Å²) in [5, 5.41) is 8.07. The Labute approximate surface area is 174 Å². The number of hydrogen-bond donors (Lipinski definition) is 3. The van der Waals surface area contributed by atoms with Crippen LogP contribution in [0.2, 0.25) is 0 Å². The van der Waals surface area contributed by atoms with E-state index in [1.54, 1.807) is 13.0 Å². The molecule has 30 heavy (non-hydrogen) atoms. The topological polar surface area (TPSA) is 125 Å². The molecule has 1 saturated carbocycles. The maximum absolute atomic E-state index is 13.5. The van der Waals surface area contributed by atoms with E-state index in [9.17, 15) is 14.4 Å². The van der Waals surface area contributed by atoms with Gasteiger partial charge in [-0.1, -0.05) is 17.8 Å². The Hall–Kier alpha value is -3.21. The monoisotopic (exact) mass is 427 g/mol. The number of amides is 1. The van der Waals surface area contributed by atoms with Crippen LogP contribution in [0.1, 0.15) is 48.2 Å². The van der Waals surface area contributed by atoms with Gasteiger partial charge < -0.3 is 10.6 Å². The summed E-state index contributed by atoms with van der Waals surface area (Å²) in [7, 11) is 1.85. The molecule has 1 spiro atoms. The van der Waals surface area contributed by atoms with Crippen molar-refractivity contribution in [2.24, 2.45) is 0 Å². The highest BCUT2D eigenvalue weighted by molar-refractivity contribution is 7.17. The van der Waals surface area contributed by atoms with Crippen molar-refractivity contribution in [3.8, 4) is 0 Å². The Morgan fingerprint density at radius 2 is 1.93 bits per heavy atom. The molecule has 10 nitrogen and oxygen atoms in total. The minimum Gasteiger partial charge on any atom is -0.334 e. The number of anilines is 2. The van der Waals surface area contributed by atoms with E-state index >= 15 is 0 Å². The van der Waals surface area contributed by atoms with Crippen molar-refractivity contribution < 1.29 is 4.79 Å². The van der Waals surface area contributed by atoms with Gasteiger partial charge in [-0.15, -0.1) is 0 Å². The van der Waals surface area contributed by atoms with Crippen LogP contribution < -0.4 is 26.1 Å². The second-order valence-electron chi connectivity index (χ2n) is 7.82. The van der Waals surface area contributed by atoms with E-state index in [0.29, 0.717) is 27.4 Å². The lowest BCUT2D eigenvalue weighted by molar-refractivity contribution is 0.0773. The molecule has 0 saturated heterocycles. The van der Waals surface area contributed by atoms with E-state index in [4.69, 9.17) is 0 Å². The molecule has 1 amide bonds. The minimum atomic E-state index is -0.556. The molecule has 0 radical (unpaired) electrons. The number of aromatic amines is 1. The smallest absolute Gasteiger partial charge is 0.306 e.